The number of rotatable bonds is 13. The van der Waals surface area contributed by atoms with Crippen LogP contribution in [0.5, 0.6) is 5.75 Å². The topological polar surface area (TPSA) is 114 Å². The molecule has 0 spiro atoms. The summed E-state index contributed by atoms with van der Waals surface area (Å²) in [7, 11) is -1.74. The summed E-state index contributed by atoms with van der Waals surface area (Å²) in [5.41, 5.74) is 9.65. The molecule has 34 heavy (non-hydrogen) atoms. The molecule has 0 saturated heterocycles. The van der Waals surface area contributed by atoms with E-state index in [1.54, 1.807) is 0 Å². The quantitative estimate of drug-likeness (QED) is 0.353. The molecule has 0 fully saturated rings. The molecule has 1 aliphatic rings. The fourth-order valence-corrected chi connectivity index (χ4v) is 5.54. The number of nitrogens with one attached hydrogen (secondary N) is 1. The number of likely N-dealkylation sites (N-methyl/N-ethyl adjacent to an activating group) is 1. The van der Waals surface area contributed by atoms with Gasteiger partial charge in [-0.25, -0.2) is 13.1 Å². The number of sulfonamides is 1. The molecule has 2 aromatic carbocycles. The smallest absolute Gasteiger partial charge is 0.240 e. The zero-order valence-corrected chi connectivity index (χ0v) is 21.3. The van der Waals surface area contributed by atoms with Gasteiger partial charge in [-0.05, 0) is 73.8 Å². The van der Waals surface area contributed by atoms with Crippen molar-refractivity contribution in [2.24, 2.45) is 5.73 Å². The lowest BCUT2D eigenvalue weighted by Crippen LogP contribution is -2.32. The Hall–Kier alpha value is -1.72. The highest BCUT2D eigenvalue weighted by atomic mass is 35.5. The van der Waals surface area contributed by atoms with Gasteiger partial charge >= 0.3 is 0 Å². The molecule has 3 rings (SSSR count). The third kappa shape index (κ3) is 7.14. The number of phenolic OH excluding ortho intramolecular Hbond substituents is 1. The zero-order valence-electron chi connectivity index (χ0n) is 19.7. The Morgan fingerprint density at radius 2 is 1.88 bits per heavy atom. The molecule has 188 valence electrons. The van der Waals surface area contributed by atoms with Crippen LogP contribution in [0.4, 0.5) is 0 Å². The van der Waals surface area contributed by atoms with Gasteiger partial charge in [0.25, 0.3) is 0 Å². The summed E-state index contributed by atoms with van der Waals surface area (Å²) in [5, 5.41) is 11.1. The minimum atomic E-state index is -3.73. The van der Waals surface area contributed by atoms with E-state index in [9.17, 15) is 13.5 Å². The summed E-state index contributed by atoms with van der Waals surface area (Å²) in [4.78, 5) is 2.25. The van der Waals surface area contributed by atoms with E-state index in [0.717, 1.165) is 17.9 Å². The molecule has 0 saturated carbocycles. The van der Waals surface area contributed by atoms with Gasteiger partial charge in [-0.1, -0.05) is 11.6 Å². The zero-order chi connectivity index (χ0) is 24.7. The first-order valence-corrected chi connectivity index (χ1v) is 13.2. The number of aryl methyl sites for hydroxylation is 1. The van der Waals surface area contributed by atoms with Crippen molar-refractivity contribution in [3.8, 4) is 5.75 Å². The van der Waals surface area contributed by atoms with Crippen LogP contribution in [-0.2, 0) is 38.9 Å². The molecule has 1 atom stereocenters. The van der Waals surface area contributed by atoms with Gasteiger partial charge in [0.05, 0.1) is 31.3 Å². The van der Waals surface area contributed by atoms with Gasteiger partial charge < -0.3 is 20.3 Å². The molecule has 8 nitrogen and oxygen atoms in total. The van der Waals surface area contributed by atoms with Crippen LogP contribution in [0.25, 0.3) is 0 Å². The van der Waals surface area contributed by atoms with Crippen molar-refractivity contribution in [1.82, 2.24) is 9.62 Å². The molecule has 0 bridgehead atoms. The molecule has 4 N–H and O–H groups in total. The fraction of sp³-hybridized carbons (Fsp3) is 0.500. The predicted octanol–water partition coefficient (Wildman–Crippen LogP) is 2.22. The number of nitrogens with zero attached hydrogens (tertiary/aromatic N) is 1. The van der Waals surface area contributed by atoms with Crippen LogP contribution in [0.15, 0.2) is 35.2 Å². The van der Waals surface area contributed by atoms with Crippen molar-refractivity contribution < 1.29 is 23.0 Å². The monoisotopic (exact) mass is 511 g/mol. The van der Waals surface area contributed by atoms with Crippen LogP contribution in [0.1, 0.15) is 22.3 Å². The largest absolute Gasteiger partial charge is 0.508 e. The summed E-state index contributed by atoms with van der Waals surface area (Å²) in [6.07, 6.45) is 1.76. The molecule has 2 aromatic rings. The highest BCUT2D eigenvalue weighted by Crippen LogP contribution is 2.32. The average Bonchev–Trinajstić information content (AvgIpc) is 3.21. The highest BCUT2D eigenvalue weighted by Gasteiger charge is 2.27. The lowest BCUT2D eigenvalue weighted by molar-refractivity contribution is 0.0530. The summed E-state index contributed by atoms with van der Waals surface area (Å²) in [6.45, 7) is 4.56. The Morgan fingerprint density at radius 1 is 1.15 bits per heavy atom. The summed E-state index contributed by atoms with van der Waals surface area (Å²) < 4.78 is 38.5. The minimum Gasteiger partial charge on any atom is -0.508 e. The molecule has 0 unspecified atom stereocenters. The van der Waals surface area contributed by atoms with E-state index >= 15 is 0 Å². The summed E-state index contributed by atoms with van der Waals surface area (Å²) >= 11 is 6.22. The van der Waals surface area contributed by atoms with Crippen LogP contribution < -0.4 is 10.5 Å². The lowest BCUT2D eigenvalue weighted by Gasteiger charge is -2.24. The molecule has 0 amide bonds. The maximum absolute atomic E-state index is 12.7. The number of phenols is 1. The second-order valence-electron chi connectivity index (χ2n) is 8.54. The van der Waals surface area contributed by atoms with Crippen molar-refractivity contribution in [3.63, 3.8) is 0 Å². The van der Waals surface area contributed by atoms with Gasteiger partial charge in [0.15, 0.2) is 0 Å². The summed E-state index contributed by atoms with van der Waals surface area (Å²) in [6, 6.07) is 8.60. The number of halogens is 1. The lowest BCUT2D eigenvalue weighted by atomic mass is 10.1. The molecule has 10 heteroatoms. The number of fused-ring (bicyclic) bond motifs is 1. The maximum atomic E-state index is 12.7. The highest BCUT2D eigenvalue weighted by molar-refractivity contribution is 7.89. The molecular weight excluding hydrogens is 478 g/mol. The minimum absolute atomic E-state index is 0.0707. The number of aromatic hydroxyl groups is 1. The van der Waals surface area contributed by atoms with Gasteiger partial charge in [0.2, 0.25) is 10.0 Å². The first kappa shape index (κ1) is 26.9. The second kappa shape index (κ2) is 12.3. The number of ether oxygens (including phenoxy) is 2. The fourth-order valence-electron chi connectivity index (χ4n) is 4.18. The van der Waals surface area contributed by atoms with Crippen molar-refractivity contribution in [1.29, 1.82) is 0 Å². The van der Waals surface area contributed by atoms with Crippen LogP contribution in [0.3, 0.4) is 0 Å². The van der Waals surface area contributed by atoms with E-state index in [0.29, 0.717) is 38.5 Å². The number of hydrogen-bond donors (Lipinski definition) is 3. The SMILES string of the molecule is Cc1cc(Cl)cc2c1C[C@H](N(C)Cc1cc(S(=O)(=O)NCCOCCOCCN)ccc1O)C2. The Kier molecular flexibility index (Phi) is 9.73. The Bertz CT molecular complexity index is 1080. The summed E-state index contributed by atoms with van der Waals surface area (Å²) in [5.74, 6) is 0.0707. The molecule has 0 aromatic heterocycles. The van der Waals surface area contributed by atoms with Crippen LogP contribution >= 0.6 is 11.6 Å². The number of benzene rings is 2. The molecule has 0 radical (unpaired) electrons. The van der Waals surface area contributed by atoms with Crippen LogP contribution in [0.2, 0.25) is 5.02 Å². The average molecular weight is 512 g/mol. The van der Waals surface area contributed by atoms with E-state index in [2.05, 4.69) is 16.5 Å². The van der Waals surface area contributed by atoms with Crippen molar-refractivity contribution in [2.75, 3.05) is 46.6 Å². The van der Waals surface area contributed by atoms with E-state index in [1.165, 1.54) is 34.9 Å². The number of nitrogens with two attached hydrogens (primary N) is 1. The third-order valence-corrected chi connectivity index (χ3v) is 7.68. The number of hydrogen-bond acceptors (Lipinski definition) is 7. The van der Waals surface area contributed by atoms with Gasteiger partial charge in [0.1, 0.15) is 5.75 Å². The van der Waals surface area contributed by atoms with Gasteiger partial charge in [0, 0.05) is 36.3 Å². The Morgan fingerprint density at radius 3 is 2.62 bits per heavy atom. The van der Waals surface area contributed by atoms with Gasteiger partial charge in [-0.2, -0.15) is 0 Å². The maximum Gasteiger partial charge on any atom is 0.240 e. The Balaban J connectivity index is 1.56. The second-order valence-corrected chi connectivity index (χ2v) is 10.7. The van der Waals surface area contributed by atoms with Crippen LogP contribution in [-0.4, -0.2) is 71.0 Å². The van der Waals surface area contributed by atoms with Gasteiger partial charge in [-0.15, -0.1) is 0 Å². The van der Waals surface area contributed by atoms with Crippen LogP contribution in [0, 0.1) is 6.92 Å². The predicted molar refractivity (Wildman–Crippen MR) is 133 cm³/mol. The van der Waals surface area contributed by atoms with E-state index in [-0.39, 0.29) is 29.8 Å². The third-order valence-electron chi connectivity index (χ3n) is 6.00. The molecular formula is C24H34ClN3O5S. The van der Waals surface area contributed by atoms with E-state index in [1.807, 2.05) is 19.2 Å². The van der Waals surface area contributed by atoms with E-state index < -0.39 is 10.0 Å². The molecule has 1 aliphatic carbocycles. The Labute approximate surface area is 207 Å². The van der Waals surface area contributed by atoms with Crippen molar-refractivity contribution >= 4 is 21.6 Å². The first-order valence-electron chi connectivity index (χ1n) is 11.4. The normalized spacial score (nSPS) is 15.7. The van der Waals surface area contributed by atoms with Crippen molar-refractivity contribution in [2.45, 2.75) is 37.2 Å². The standard InChI is InChI=1S/C24H34ClN3O5S/c1-17-11-20(25)12-18-13-21(15-23(17)18)28(2)16-19-14-22(3-4-24(19)29)34(30,31)27-6-8-33-10-9-32-7-5-26/h3-4,11-12,14,21,27,29H,5-10,13,15-16,26H2,1-2H3/t21-/m1/s1. The van der Waals surface area contributed by atoms with Gasteiger partial charge in [-0.3, -0.25) is 4.90 Å². The van der Waals surface area contributed by atoms with E-state index in [4.69, 9.17) is 26.8 Å². The molecule has 0 aliphatic heterocycles. The molecule has 0 heterocycles. The first-order chi connectivity index (χ1) is 16.2. The van der Waals surface area contributed by atoms with Crippen molar-refractivity contribution in [3.05, 3.63) is 57.6 Å².